The van der Waals surface area contributed by atoms with Gasteiger partial charge in [0, 0.05) is 11.1 Å². The van der Waals surface area contributed by atoms with Gasteiger partial charge in [0.05, 0.1) is 17.3 Å². The number of halogens is 1. The fraction of sp³-hybridized carbons (Fsp3) is 0.667. The Balaban J connectivity index is 2.56. The summed E-state index contributed by atoms with van der Waals surface area (Å²) >= 11 is 3.33. The van der Waals surface area contributed by atoms with Gasteiger partial charge in [0.2, 0.25) is 0 Å². The largest absolute Gasteiger partial charge is 0.381 e. The first-order chi connectivity index (χ1) is 10.4. The van der Waals surface area contributed by atoms with Gasteiger partial charge in [-0.25, -0.2) is 8.42 Å². The molecule has 23 heavy (non-hydrogen) atoms. The molecule has 0 atom stereocenters. The third-order valence-corrected chi connectivity index (χ3v) is 6.57. The van der Waals surface area contributed by atoms with Gasteiger partial charge >= 0.3 is 0 Å². The van der Waals surface area contributed by atoms with E-state index in [9.17, 15) is 8.42 Å². The molecule has 0 aromatic heterocycles. The average molecular weight is 405 g/mol. The number of rotatable bonds is 8. The number of hydrogen-bond donors (Lipinski definition) is 0. The molecule has 3 nitrogen and oxygen atoms in total. The highest BCUT2D eigenvalue weighted by molar-refractivity contribution is 9.10. The fourth-order valence-electron chi connectivity index (χ4n) is 2.39. The first-order valence-corrected chi connectivity index (χ1v) is 10.4. The van der Waals surface area contributed by atoms with Gasteiger partial charge < -0.3 is 4.74 Å². The van der Waals surface area contributed by atoms with Gasteiger partial charge in [-0.3, -0.25) is 0 Å². The smallest absolute Gasteiger partial charge is 0.180 e. The van der Waals surface area contributed by atoms with E-state index >= 15 is 0 Å². The lowest BCUT2D eigenvalue weighted by atomic mass is 9.90. The highest BCUT2D eigenvalue weighted by Gasteiger charge is 2.28. The monoisotopic (exact) mass is 404 g/mol. The zero-order valence-corrected chi connectivity index (χ0v) is 17.3. The third kappa shape index (κ3) is 7.81. The number of sulfone groups is 1. The van der Waals surface area contributed by atoms with Crippen molar-refractivity contribution in [3.05, 3.63) is 28.7 Å². The Hall–Kier alpha value is -0.390. The maximum absolute atomic E-state index is 12.6. The van der Waals surface area contributed by atoms with Crippen LogP contribution in [-0.2, 0) is 14.6 Å². The molecule has 0 aliphatic rings. The zero-order chi connectivity index (χ0) is 17.7. The van der Waals surface area contributed by atoms with E-state index in [1.165, 1.54) is 0 Å². The number of ether oxygens (including phenoxy) is 1. The molecule has 0 aliphatic heterocycles. The van der Waals surface area contributed by atoms with Crippen LogP contribution in [0.5, 0.6) is 0 Å². The minimum absolute atomic E-state index is 0.141. The standard InChI is InChI=1S/C18H29BrO3S/c1-17(2,3)13-22-12-8-11-18(4,5)14-23(20,21)16-10-7-6-9-15(16)19/h6-7,9-10H,8,11-14H2,1-5H3. The maximum atomic E-state index is 12.6. The molecule has 0 unspecified atom stereocenters. The zero-order valence-electron chi connectivity index (χ0n) is 14.9. The number of hydrogen-bond acceptors (Lipinski definition) is 3. The van der Waals surface area contributed by atoms with Crippen LogP contribution < -0.4 is 0 Å². The van der Waals surface area contributed by atoms with Gasteiger partial charge in [-0.1, -0.05) is 46.8 Å². The quantitative estimate of drug-likeness (QED) is 0.566. The van der Waals surface area contributed by atoms with Gasteiger partial charge in [0.25, 0.3) is 0 Å². The van der Waals surface area contributed by atoms with Crippen LogP contribution >= 0.6 is 15.9 Å². The van der Waals surface area contributed by atoms with Crippen molar-refractivity contribution in [3.63, 3.8) is 0 Å². The summed E-state index contributed by atoms with van der Waals surface area (Å²) in [5.41, 5.74) is -0.113. The van der Waals surface area contributed by atoms with E-state index in [0.717, 1.165) is 19.4 Å². The van der Waals surface area contributed by atoms with Gasteiger partial charge in [0.1, 0.15) is 0 Å². The van der Waals surface area contributed by atoms with Crippen molar-refractivity contribution in [3.8, 4) is 0 Å². The lowest BCUT2D eigenvalue weighted by Crippen LogP contribution is -2.25. The highest BCUT2D eigenvalue weighted by atomic mass is 79.9. The van der Waals surface area contributed by atoms with E-state index in [-0.39, 0.29) is 16.6 Å². The van der Waals surface area contributed by atoms with E-state index < -0.39 is 9.84 Å². The van der Waals surface area contributed by atoms with E-state index in [2.05, 4.69) is 36.7 Å². The Morgan fingerprint density at radius 3 is 2.26 bits per heavy atom. The summed E-state index contributed by atoms with van der Waals surface area (Å²) in [6, 6.07) is 6.99. The second kappa shape index (κ2) is 8.13. The molecular formula is C18H29BrO3S. The molecule has 132 valence electrons. The van der Waals surface area contributed by atoms with Crippen LogP contribution in [-0.4, -0.2) is 27.4 Å². The van der Waals surface area contributed by atoms with Crippen LogP contribution in [0.2, 0.25) is 0 Å². The van der Waals surface area contributed by atoms with Crippen molar-refractivity contribution in [1.82, 2.24) is 0 Å². The molecule has 1 rings (SSSR count). The molecule has 0 amide bonds. The predicted octanol–water partition coefficient (Wildman–Crippen LogP) is 5.09. The minimum atomic E-state index is -3.30. The lowest BCUT2D eigenvalue weighted by Gasteiger charge is -2.25. The van der Waals surface area contributed by atoms with E-state index in [0.29, 0.717) is 16.0 Å². The minimum Gasteiger partial charge on any atom is -0.381 e. The second-order valence-corrected chi connectivity index (χ2v) is 10.9. The Labute approximate surface area is 149 Å². The summed E-state index contributed by atoms with van der Waals surface area (Å²) < 4.78 is 31.6. The first kappa shape index (κ1) is 20.7. The van der Waals surface area contributed by atoms with Crippen molar-refractivity contribution in [2.45, 2.75) is 52.4 Å². The van der Waals surface area contributed by atoms with Gasteiger partial charge in [-0.2, -0.15) is 0 Å². The predicted molar refractivity (Wildman–Crippen MR) is 99.5 cm³/mol. The molecule has 0 saturated heterocycles. The molecule has 0 bridgehead atoms. The third-order valence-electron chi connectivity index (χ3n) is 3.43. The molecule has 0 fully saturated rings. The Morgan fingerprint density at radius 2 is 1.70 bits per heavy atom. The molecule has 0 aliphatic carbocycles. The molecule has 0 saturated carbocycles. The summed E-state index contributed by atoms with van der Waals surface area (Å²) in [4.78, 5) is 0.372. The molecule has 5 heteroatoms. The molecule has 0 radical (unpaired) electrons. The molecular weight excluding hydrogens is 376 g/mol. The maximum Gasteiger partial charge on any atom is 0.180 e. The molecule has 1 aromatic rings. The summed E-state index contributed by atoms with van der Waals surface area (Å²) in [6.07, 6.45) is 1.69. The molecule has 0 heterocycles. The SMILES string of the molecule is CC(C)(C)COCCCC(C)(C)CS(=O)(=O)c1ccccc1Br. The highest BCUT2D eigenvalue weighted by Crippen LogP contribution is 2.30. The summed E-state index contributed by atoms with van der Waals surface area (Å²) in [6.45, 7) is 11.8. The Kier molecular flexibility index (Phi) is 7.30. The molecule has 0 spiro atoms. The summed E-state index contributed by atoms with van der Waals surface area (Å²) in [5, 5.41) is 0. The Morgan fingerprint density at radius 1 is 1.09 bits per heavy atom. The topological polar surface area (TPSA) is 43.4 Å². The fourth-order valence-corrected chi connectivity index (χ4v) is 5.40. The van der Waals surface area contributed by atoms with Crippen LogP contribution in [0.1, 0.15) is 47.5 Å². The Bertz CT molecular complexity index is 601. The number of benzene rings is 1. The van der Waals surface area contributed by atoms with Gasteiger partial charge in [-0.05, 0) is 51.7 Å². The first-order valence-electron chi connectivity index (χ1n) is 7.98. The van der Waals surface area contributed by atoms with E-state index in [4.69, 9.17) is 4.74 Å². The normalized spacial score (nSPS) is 13.3. The van der Waals surface area contributed by atoms with Crippen molar-refractivity contribution >= 4 is 25.8 Å². The van der Waals surface area contributed by atoms with Crippen molar-refractivity contribution in [2.75, 3.05) is 19.0 Å². The molecule has 1 aromatic carbocycles. The summed E-state index contributed by atoms with van der Waals surface area (Å²) in [7, 11) is -3.30. The summed E-state index contributed by atoms with van der Waals surface area (Å²) in [5.74, 6) is 0.141. The van der Waals surface area contributed by atoms with Crippen molar-refractivity contribution in [1.29, 1.82) is 0 Å². The van der Waals surface area contributed by atoms with E-state index in [1.54, 1.807) is 18.2 Å². The molecule has 0 N–H and O–H groups in total. The average Bonchev–Trinajstić information content (AvgIpc) is 2.35. The van der Waals surface area contributed by atoms with Crippen LogP contribution in [0.25, 0.3) is 0 Å². The van der Waals surface area contributed by atoms with E-state index in [1.807, 2.05) is 19.9 Å². The van der Waals surface area contributed by atoms with Crippen LogP contribution in [0.15, 0.2) is 33.6 Å². The second-order valence-electron chi connectivity index (χ2n) is 8.07. The lowest BCUT2D eigenvalue weighted by molar-refractivity contribution is 0.0649. The van der Waals surface area contributed by atoms with Crippen LogP contribution in [0.3, 0.4) is 0 Å². The van der Waals surface area contributed by atoms with Gasteiger partial charge in [0.15, 0.2) is 9.84 Å². The van der Waals surface area contributed by atoms with Crippen LogP contribution in [0, 0.1) is 10.8 Å². The van der Waals surface area contributed by atoms with Crippen LogP contribution in [0.4, 0.5) is 0 Å². The van der Waals surface area contributed by atoms with Crippen molar-refractivity contribution in [2.24, 2.45) is 10.8 Å². The van der Waals surface area contributed by atoms with Gasteiger partial charge in [-0.15, -0.1) is 0 Å². The van der Waals surface area contributed by atoms with Crippen molar-refractivity contribution < 1.29 is 13.2 Å².